The molecule has 0 heterocycles. The molecule has 0 aromatic carbocycles. The van der Waals surface area contributed by atoms with Gasteiger partial charge in [0, 0.05) is 25.7 Å². The molecule has 0 amide bonds. The summed E-state index contributed by atoms with van der Waals surface area (Å²) in [6.07, 6.45) is 30.1. The number of carbonyl (C=O) groups excluding carboxylic acids is 4. The first-order chi connectivity index (χ1) is 36.4. The predicted octanol–water partition coefficient (Wildman–Crippen LogP) is 14.9. The Morgan fingerprint density at radius 3 is 0.895 bits per heavy atom. The summed E-state index contributed by atoms with van der Waals surface area (Å²) >= 11 is 0. The summed E-state index contributed by atoms with van der Waals surface area (Å²) < 4.78 is 67.3. The summed E-state index contributed by atoms with van der Waals surface area (Å²) in [6, 6.07) is 0. The molecule has 0 aromatic rings. The first-order valence-corrected chi connectivity index (χ1v) is 33.0. The van der Waals surface area contributed by atoms with Gasteiger partial charge in [-0.25, -0.2) is 9.13 Å². The average molecular weight is 1130 g/mol. The molecule has 19 heteroatoms. The fourth-order valence-electron chi connectivity index (χ4n) is 8.29. The smallest absolute Gasteiger partial charge is 0.462 e. The van der Waals surface area contributed by atoms with Gasteiger partial charge in [0.15, 0.2) is 12.2 Å². The molecular formula is C57H110O17P2. The number of phosphoric acid groups is 2. The number of phosphoric ester groups is 2. The van der Waals surface area contributed by atoms with Gasteiger partial charge in [-0.15, -0.1) is 0 Å². The van der Waals surface area contributed by atoms with Crippen molar-refractivity contribution in [1.82, 2.24) is 0 Å². The molecule has 0 aliphatic heterocycles. The monoisotopic (exact) mass is 1130 g/mol. The van der Waals surface area contributed by atoms with Crippen molar-refractivity contribution in [3.05, 3.63) is 0 Å². The number of hydrogen-bond acceptors (Lipinski definition) is 15. The lowest BCUT2D eigenvalue weighted by Gasteiger charge is -2.21. The van der Waals surface area contributed by atoms with Crippen LogP contribution >= 0.6 is 15.6 Å². The lowest BCUT2D eigenvalue weighted by Crippen LogP contribution is -2.30. The van der Waals surface area contributed by atoms with Gasteiger partial charge < -0.3 is 33.8 Å². The Kier molecular flexibility index (Phi) is 48.8. The summed E-state index contributed by atoms with van der Waals surface area (Å²) in [6.45, 7) is 9.24. The van der Waals surface area contributed by atoms with Gasteiger partial charge in [0.2, 0.25) is 0 Å². The van der Waals surface area contributed by atoms with Gasteiger partial charge in [0.1, 0.15) is 19.3 Å². The van der Waals surface area contributed by atoms with Crippen molar-refractivity contribution in [2.45, 2.75) is 291 Å². The Balaban J connectivity index is 5.14. The normalized spacial score (nSPS) is 14.5. The molecule has 450 valence electrons. The molecular weight excluding hydrogens is 1020 g/mol. The minimum atomic E-state index is -4.93. The molecule has 0 aliphatic rings. The molecule has 0 saturated heterocycles. The van der Waals surface area contributed by atoms with Crippen LogP contribution in [0.25, 0.3) is 0 Å². The highest BCUT2D eigenvalue weighted by atomic mass is 31.2. The van der Waals surface area contributed by atoms with Crippen LogP contribution in [0, 0.1) is 11.8 Å². The average Bonchev–Trinajstić information content (AvgIpc) is 3.37. The van der Waals surface area contributed by atoms with Crippen LogP contribution in [0.3, 0.4) is 0 Å². The quantitative estimate of drug-likeness (QED) is 0.0222. The first kappa shape index (κ1) is 74.1. The maximum absolute atomic E-state index is 12.9. The van der Waals surface area contributed by atoms with Crippen LogP contribution in [0.15, 0.2) is 0 Å². The maximum Gasteiger partial charge on any atom is 0.472 e. The zero-order valence-electron chi connectivity index (χ0n) is 48.5. The number of ether oxygens (including phenoxy) is 4. The zero-order chi connectivity index (χ0) is 56.6. The second-order valence-electron chi connectivity index (χ2n) is 21.6. The third kappa shape index (κ3) is 51.5. The van der Waals surface area contributed by atoms with Crippen LogP contribution in [0.1, 0.15) is 273 Å². The van der Waals surface area contributed by atoms with Crippen molar-refractivity contribution in [2.75, 3.05) is 39.6 Å². The zero-order valence-corrected chi connectivity index (χ0v) is 50.3. The number of hydrogen-bond donors (Lipinski definition) is 3. The largest absolute Gasteiger partial charge is 0.472 e. The van der Waals surface area contributed by atoms with Gasteiger partial charge in [0.05, 0.1) is 26.4 Å². The molecule has 3 N–H and O–H groups in total. The second kappa shape index (κ2) is 50.1. The van der Waals surface area contributed by atoms with E-state index in [0.717, 1.165) is 108 Å². The van der Waals surface area contributed by atoms with Crippen LogP contribution < -0.4 is 0 Å². The molecule has 2 unspecified atom stereocenters. The molecule has 0 aromatic heterocycles. The molecule has 17 nitrogen and oxygen atoms in total. The van der Waals surface area contributed by atoms with E-state index in [-0.39, 0.29) is 25.7 Å². The minimum absolute atomic E-state index is 0.0984. The van der Waals surface area contributed by atoms with Crippen molar-refractivity contribution in [1.29, 1.82) is 0 Å². The van der Waals surface area contributed by atoms with Gasteiger partial charge >= 0.3 is 39.5 Å². The van der Waals surface area contributed by atoms with Crippen LogP contribution in [0.5, 0.6) is 0 Å². The first-order valence-electron chi connectivity index (χ1n) is 30.0. The molecule has 0 rings (SSSR count). The van der Waals surface area contributed by atoms with Gasteiger partial charge in [-0.1, -0.05) is 221 Å². The van der Waals surface area contributed by atoms with E-state index < -0.39 is 97.5 Å². The van der Waals surface area contributed by atoms with Crippen molar-refractivity contribution in [3.63, 3.8) is 0 Å². The molecule has 5 atom stereocenters. The highest BCUT2D eigenvalue weighted by Gasteiger charge is 2.30. The molecule has 0 spiro atoms. The minimum Gasteiger partial charge on any atom is -0.462 e. The van der Waals surface area contributed by atoms with Crippen LogP contribution in [-0.4, -0.2) is 96.7 Å². The Labute approximate surface area is 460 Å². The lowest BCUT2D eigenvalue weighted by atomic mass is 10.0. The van der Waals surface area contributed by atoms with E-state index in [1.807, 2.05) is 0 Å². The topological polar surface area (TPSA) is 237 Å². The summed E-state index contributed by atoms with van der Waals surface area (Å²) in [7, 11) is -9.85. The van der Waals surface area contributed by atoms with E-state index in [1.165, 1.54) is 83.5 Å². The van der Waals surface area contributed by atoms with Gasteiger partial charge in [0.25, 0.3) is 0 Å². The summed E-state index contributed by atoms with van der Waals surface area (Å²) in [5.74, 6) is -0.655. The van der Waals surface area contributed by atoms with Crippen LogP contribution in [0.4, 0.5) is 0 Å². The highest BCUT2D eigenvalue weighted by molar-refractivity contribution is 7.47. The fraction of sp³-hybridized carbons (Fsp3) is 0.930. The Morgan fingerprint density at radius 2 is 0.605 bits per heavy atom. The standard InChI is InChI=1S/C57H110O17P2/c1-7-9-11-25-33-39-54(59)67-45-52(73-56(61)41-35-26-12-10-8-2)47-71-75(63,64)69-43-51(58)44-70-76(65,66)72-48-53(74-57(62)42-36-30-24-20-16-14-18-22-28-32-38-50(5)6)46-68-55(60)40-34-29-23-19-15-13-17-21-27-31-37-49(3)4/h49-53,58H,7-48H2,1-6H3,(H,63,64)(H,65,66)/t51-,52+,53+/m0/s1. The Hall–Kier alpha value is -1.94. The fourth-order valence-corrected chi connectivity index (χ4v) is 9.87. The summed E-state index contributed by atoms with van der Waals surface area (Å²) in [5.41, 5.74) is 0. The number of unbranched alkanes of at least 4 members (excludes halogenated alkanes) is 26. The van der Waals surface area contributed by atoms with Gasteiger partial charge in [-0.05, 0) is 37.5 Å². The number of carbonyl (C=O) groups is 4. The molecule has 0 fully saturated rings. The van der Waals surface area contributed by atoms with E-state index in [9.17, 15) is 43.2 Å². The number of aliphatic hydroxyl groups excluding tert-OH is 1. The van der Waals surface area contributed by atoms with Gasteiger partial charge in [-0.2, -0.15) is 0 Å². The number of aliphatic hydroxyl groups is 1. The van der Waals surface area contributed by atoms with E-state index >= 15 is 0 Å². The maximum atomic E-state index is 12.9. The summed E-state index contributed by atoms with van der Waals surface area (Å²) in [4.78, 5) is 71.4. The molecule has 76 heavy (non-hydrogen) atoms. The van der Waals surface area contributed by atoms with Gasteiger partial charge in [-0.3, -0.25) is 37.3 Å². The van der Waals surface area contributed by atoms with Crippen molar-refractivity contribution >= 4 is 39.5 Å². The lowest BCUT2D eigenvalue weighted by molar-refractivity contribution is -0.161. The number of esters is 4. The van der Waals surface area contributed by atoms with Crippen molar-refractivity contribution < 1.29 is 80.2 Å². The third-order valence-corrected chi connectivity index (χ3v) is 14.9. The predicted molar refractivity (Wildman–Crippen MR) is 298 cm³/mol. The van der Waals surface area contributed by atoms with Crippen molar-refractivity contribution in [3.8, 4) is 0 Å². The molecule has 0 bridgehead atoms. The number of rotatable bonds is 56. The highest BCUT2D eigenvalue weighted by Crippen LogP contribution is 2.45. The van der Waals surface area contributed by atoms with E-state index in [2.05, 4.69) is 41.5 Å². The van der Waals surface area contributed by atoms with E-state index in [4.69, 9.17) is 37.0 Å². The Morgan fingerprint density at radius 1 is 0.355 bits per heavy atom. The second-order valence-corrected chi connectivity index (χ2v) is 24.5. The van der Waals surface area contributed by atoms with Crippen LogP contribution in [-0.2, 0) is 65.4 Å². The molecule has 0 saturated carbocycles. The Bertz CT molecular complexity index is 1510. The van der Waals surface area contributed by atoms with Crippen LogP contribution in [0.2, 0.25) is 0 Å². The molecule has 0 aliphatic carbocycles. The van der Waals surface area contributed by atoms with E-state index in [0.29, 0.717) is 25.7 Å². The van der Waals surface area contributed by atoms with Crippen molar-refractivity contribution in [2.24, 2.45) is 11.8 Å². The molecule has 0 radical (unpaired) electrons. The SMILES string of the molecule is CCCCCCCC(=O)OC[C@H](COP(=O)(O)OC[C@H](O)COP(=O)(O)OC[C@@H](COC(=O)CCCCCCCCCCCCC(C)C)OC(=O)CCCCCCCCCCCCC(C)C)OC(=O)CCCCCCC. The third-order valence-electron chi connectivity index (χ3n) is 13.0. The van der Waals surface area contributed by atoms with E-state index in [1.54, 1.807) is 0 Å². The summed E-state index contributed by atoms with van der Waals surface area (Å²) in [5, 5.41) is 10.4.